The largest absolute Gasteiger partial charge is 0.241 e. The van der Waals surface area contributed by atoms with Crippen LogP contribution in [0.5, 0.6) is 0 Å². The second-order valence-electron chi connectivity index (χ2n) is 1.85. The van der Waals surface area contributed by atoms with E-state index in [1.807, 2.05) is 0 Å². The van der Waals surface area contributed by atoms with Gasteiger partial charge in [0.15, 0.2) is 13.6 Å². The van der Waals surface area contributed by atoms with Crippen LogP contribution in [-0.4, -0.2) is 9.97 Å². The van der Waals surface area contributed by atoms with E-state index in [2.05, 4.69) is 15.0 Å². The van der Waals surface area contributed by atoms with Crippen LogP contribution in [0.25, 0.3) is 9.66 Å². The minimum Gasteiger partial charge on any atom is -0.241 e. The molecule has 58 valence electrons. The summed E-state index contributed by atoms with van der Waals surface area (Å²) >= 11 is 2.76. The van der Waals surface area contributed by atoms with Gasteiger partial charge in [-0.15, -0.1) is 0 Å². The summed E-state index contributed by atoms with van der Waals surface area (Å²) in [6.07, 6.45) is 4.99. The van der Waals surface area contributed by atoms with E-state index in [0.717, 1.165) is 9.66 Å². The molecular weight excluding hydrogens is 192 g/mol. The van der Waals surface area contributed by atoms with Gasteiger partial charge in [0, 0.05) is 12.4 Å². The molecule has 2 heterocycles. The normalized spacial score (nSPS) is 9.58. The number of aromatic nitrogens is 2. The quantitative estimate of drug-likeness (QED) is 0.591. The van der Waals surface area contributed by atoms with Gasteiger partial charge in [0.05, 0.1) is 0 Å². The topological polar surface area (TPSA) is 61.9 Å². The molecule has 4 nitrogen and oxygen atoms in total. The molecule has 2 aromatic rings. The minimum absolute atomic E-state index is 0.693. The monoisotopic (exact) mass is 194 g/mol. The molecule has 0 bridgehead atoms. The van der Waals surface area contributed by atoms with Crippen molar-refractivity contribution in [3.05, 3.63) is 16.4 Å². The van der Waals surface area contributed by atoms with Crippen molar-refractivity contribution in [3.63, 3.8) is 0 Å². The molecule has 0 saturated carbocycles. The van der Waals surface area contributed by atoms with Gasteiger partial charge in [0.2, 0.25) is 6.19 Å². The molecule has 2 aromatic heterocycles. The second kappa shape index (κ2) is 2.97. The first kappa shape index (κ1) is 7.34. The summed E-state index contributed by atoms with van der Waals surface area (Å²) in [6.45, 7) is 0. The van der Waals surface area contributed by atoms with Gasteiger partial charge in [-0.2, -0.15) is 10.3 Å². The summed E-state index contributed by atoms with van der Waals surface area (Å²) in [5.41, 5.74) is 0. The molecule has 0 aliphatic carbocycles. The third-order valence-corrected chi connectivity index (χ3v) is 3.29. The maximum absolute atomic E-state index is 8.30. The van der Waals surface area contributed by atoms with Crippen LogP contribution in [0, 0.1) is 11.5 Å². The molecule has 0 N–H and O–H groups in total. The Morgan fingerprint density at radius 2 is 1.83 bits per heavy atom. The molecule has 0 aliphatic heterocycles. The van der Waals surface area contributed by atoms with Crippen LogP contribution in [0.4, 0.5) is 0 Å². The first-order valence-corrected chi connectivity index (χ1v) is 4.67. The second-order valence-corrected chi connectivity index (χ2v) is 4.06. The summed E-state index contributed by atoms with van der Waals surface area (Å²) in [7, 11) is 0. The predicted molar refractivity (Wildman–Crippen MR) is 46.5 cm³/mol. The van der Waals surface area contributed by atoms with Crippen LogP contribution in [0.2, 0.25) is 0 Å². The minimum atomic E-state index is 0.693. The van der Waals surface area contributed by atoms with E-state index in [1.165, 1.54) is 22.7 Å². The molecule has 6 heteroatoms. The predicted octanol–water partition coefficient (Wildman–Crippen LogP) is 1.13. The van der Waals surface area contributed by atoms with Gasteiger partial charge in [-0.25, -0.2) is 9.97 Å². The van der Waals surface area contributed by atoms with Crippen LogP contribution >= 0.6 is 22.7 Å². The van der Waals surface area contributed by atoms with Gasteiger partial charge >= 0.3 is 0 Å². The third-order valence-electron chi connectivity index (χ3n) is 1.14. The summed E-state index contributed by atoms with van der Waals surface area (Å²) < 4.78 is 0.693. The zero-order valence-electron chi connectivity index (χ0n) is 5.76. The smallest absolute Gasteiger partial charge is 0.207 e. The Hall–Kier alpha value is -1.32. The maximum Gasteiger partial charge on any atom is 0.207 e. The highest BCUT2D eigenvalue weighted by atomic mass is 32.2. The van der Waals surface area contributed by atoms with Crippen molar-refractivity contribution in [1.29, 1.82) is 5.26 Å². The molecule has 0 radical (unpaired) electrons. The van der Waals surface area contributed by atoms with Gasteiger partial charge in [0.25, 0.3) is 0 Å². The van der Waals surface area contributed by atoms with E-state index >= 15 is 0 Å². The lowest BCUT2D eigenvalue weighted by atomic mass is 10.8. The lowest BCUT2D eigenvalue weighted by Crippen LogP contribution is -1.80. The maximum atomic E-state index is 8.30. The lowest BCUT2D eigenvalue weighted by molar-refractivity contribution is 1.33. The first-order chi connectivity index (χ1) is 5.90. The fourth-order valence-electron chi connectivity index (χ4n) is 0.725. The molecule has 0 amide bonds. The van der Waals surface area contributed by atoms with E-state index in [1.54, 1.807) is 18.6 Å². The Morgan fingerprint density at radius 1 is 1.25 bits per heavy atom. The van der Waals surface area contributed by atoms with Crippen molar-refractivity contribution >= 4 is 32.3 Å². The Balaban J connectivity index is 2.81. The first-order valence-electron chi connectivity index (χ1n) is 3.03. The molecule has 0 aliphatic rings. The van der Waals surface area contributed by atoms with E-state index in [4.69, 9.17) is 5.26 Å². The summed E-state index contributed by atoms with van der Waals surface area (Å²) in [6, 6.07) is 0. The molecule has 0 aromatic carbocycles. The average Bonchev–Trinajstić information content (AvgIpc) is 2.47. The van der Waals surface area contributed by atoms with E-state index in [0.29, 0.717) is 3.98 Å². The zero-order chi connectivity index (χ0) is 8.39. The lowest BCUT2D eigenvalue weighted by Gasteiger charge is -1.79. The molecule has 0 atom stereocenters. The Labute approximate surface area is 75.5 Å². The van der Waals surface area contributed by atoms with Crippen LogP contribution in [0.15, 0.2) is 17.4 Å². The SMILES string of the molecule is N#CN=c1sc2nccnc2s1. The van der Waals surface area contributed by atoms with Gasteiger partial charge in [-0.3, -0.25) is 0 Å². The number of hydrogen-bond acceptors (Lipinski definition) is 6. The zero-order valence-corrected chi connectivity index (χ0v) is 7.39. The Morgan fingerprint density at radius 3 is 2.33 bits per heavy atom. The third kappa shape index (κ3) is 1.20. The van der Waals surface area contributed by atoms with Gasteiger partial charge in [0.1, 0.15) is 0 Å². The standard InChI is InChI=1S/C6H2N4S2/c7-3-10-6-11-4-5(12-6)9-2-1-8-4/h1-2H. The number of nitrogens with zero attached hydrogens (tertiary/aromatic N) is 4. The van der Waals surface area contributed by atoms with Crippen LogP contribution in [0.3, 0.4) is 0 Å². The summed E-state index contributed by atoms with van der Waals surface area (Å²) in [5, 5.41) is 8.30. The van der Waals surface area contributed by atoms with Gasteiger partial charge in [-0.1, -0.05) is 22.7 Å². The summed E-state index contributed by atoms with van der Waals surface area (Å²) in [4.78, 5) is 13.4. The number of fused-ring (bicyclic) bond motifs is 1. The average molecular weight is 194 g/mol. The van der Waals surface area contributed by atoms with Crippen LogP contribution in [-0.2, 0) is 0 Å². The Bertz CT molecular complexity index is 468. The van der Waals surface area contributed by atoms with Crippen molar-refractivity contribution < 1.29 is 0 Å². The van der Waals surface area contributed by atoms with Crippen molar-refractivity contribution in [3.8, 4) is 6.19 Å². The molecular formula is C6H2N4S2. The highest BCUT2D eigenvalue weighted by Crippen LogP contribution is 2.14. The van der Waals surface area contributed by atoms with Crippen LogP contribution in [0.1, 0.15) is 0 Å². The number of hydrogen-bond donors (Lipinski definition) is 0. The fourth-order valence-corrected chi connectivity index (χ4v) is 2.63. The van der Waals surface area contributed by atoms with E-state index in [-0.39, 0.29) is 0 Å². The van der Waals surface area contributed by atoms with Crippen molar-refractivity contribution in [2.75, 3.05) is 0 Å². The van der Waals surface area contributed by atoms with Crippen LogP contribution < -0.4 is 3.98 Å². The van der Waals surface area contributed by atoms with E-state index < -0.39 is 0 Å². The molecule has 0 fully saturated rings. The highest BCUT2D eigenvalue weighted by Gasteiger charge is 1.98. The summed E-state index contributed by atoms with van der Waals surface area (Å²) in [5.74, 6) is 0. The molecule has 0 spiro atoms. The molecule has 0 unspecified atom stereocenters. The van der Waals surface area contributed by atoms with Crippen molar-refractivity contribution in [2.24, 2.45) is 4.99 Å². The molecule has 0 saturated heterocycles. The van der Waals surface area contributed by atoms with Crippen molar-refractivity contribution in [1.82, 2.24) is 9.97 Å². The van der Waals surface area contributed by atoms with Gasteiger partial charge < -0.3 is 0 Å². The van der Waals surface area contributed by atoms with Crippen molar-refractivity contribution in [2.45, 2.75) is 0 Å². The van der Waals surface area contributed by atoms with E-state index in [9.17, 15) is 0 Å². The molecule has 12 heavy (non-hydrogen) atoms. The van der Waals surface area contributed by atoms with Gasteiger partial charge in [-0.05, 0) is 0 Å². The Kier molecular flexibility index (Phi) is 1.81. The number of nitriles is 1. The molecule has 2 rings (SSSR count). The highest BCUT2D eigenvalue weighted by molar-refractivity contribution is 7.34. The number of rotatable bonds is 0. The fraction of sp³-hybridized carbons (Fsp3) is 0.